The van der Waals surface area contributed by atoms with Crippen molar-refractivity contribution in [3.8, 4) is 0 Å². The lowest BCUT2D eigenvalue weighted by molar-refractivity contribution is -0.906. The Labute approximate surface area is 163 Å². The molecule has 3 aromatic heterocycles. The predicted octanol–water partition coefficient (Wildman–Crippen LogP) is 0.949. The Bertz CT molecular complexity index is 1010. The van der Waals surface area contributed by atoms with Crippen LogP contribution in [-0.4, -0.2) is 59.9 Å². The number of pyridine rings is 1. The Morgan fingerprint density at radius 3 is 2.93 bits per heavy atom. The third kappa shape index (κ3) is 3.32. The molecule has 8 heteroatoms. The highest BCUT2D eigenvalue weighted by molar-refractivity contribution is 6.04. The van der Waals surface area contributed by atoms with Crippen LogP contribution in [0.2, 0.25) is 0 Å². The zero-order valence-corrected chi connectivity index (χ0v) is 16.4. The minimum atomic E-state index is -0.200. The molecule has 0 unspecified atom stereocenters. The van der Waals surface area contributed by atoms with Crippen LogP contribution in [0.4, 0.5) is 5.82 Å². The van der Waals surface area contributed by atoms with E-state index in [-0.39, 0.29) is 5.60 Å². The Hall–Kier alpha value is -2.29. The second-order valence-corrected chi connectivity index (χ2v) is 8.21. The van der Waals surface area contributed by atoms with Gasteiger partial charge >= 0.3 is 0 Å². The first-order valence-electron chi connectivity index (χ1n) is 9.94. The van der Waals surface area contributed by atoms with Crippen LogP contribution >= 0.6 is 0 Å². The number of hydrogen-bond donors (Lipinski definition) is 2. The maximum atomic E-state index is 6.09. The van der Waals surface area contributed by atoms with Crippen LogP contribution in [0.25, 0.3) is 22.2 Å². The summed E-state index contributed by atoms with van der Waals surface area (Å²) < 4.78 is 17.4. The van der Waals surface area contributed by atoms with Crippen LogP contribution in [0.15, 0.2) is 16.8 Å². The van der Waals surface area contributed by atoms with Gasteiger partial charge in [-0.15, -0.1) is 0 Å². The largest absolute Gasteiger partial charge is 0.432 e. The van der Waals surface area contributed by atoms with E-state index in [0.717, 1.165) is 73.8 Å². The maximum Gasteiger partial charge on any atom is 0.229 e. The number of anilines is 1. The number of rotatable bonds is 4. The number of hydrogen-bond acceptors (Lipinski definition) is 7. The summed E-state index contributed by atoms with van der Waals surface area (Å²) in [4.78, 5) is 15.2. The lowest BCUT2D eigenvalue weighted by Gasteiger charge is -2.30. The summed E-state index contributed by atoms with van der Waals surface area (Å²) in [6, 6.07) is 2.10. The number of furan rings is 1. The van der Waals surface area contributed by atoms with E-state index < -0.39 is 0 Å². The maximum absolute atomic E-state index is 6.09. The van der Waals surface area contributed by atoms with E-state index in [1.165, 1.54) is 0 Å². The Balaban J connectivity index is 1.43. The molecule has 5 heterocycles. The first kappa shape index (κ1) is 17.8. The lowest BCUT2D eigenvalue weighted by atomic mass is 9.95. The number of quaternary nitrogens is 1. The van der Waals surface area contributed by atoms with Gasteiger partial charge in [-0.2, -0.15) is 0 Å². The fourth-order valence-corrected chi connectivity index (χ4v) is 3.98. The van der Waals surface area contributed by atoms with Gasteiger partial charge in [0.05, 0.1) is 49.6 Å². The van der Waals surface area contributed by atoms with Gasteiger partial charge in [0.15, 0.2) is 11.4 Å². The molecular weight excluding hydrogens is 358 g/mol. The first-order valence-corrected chi connectivity index (χ1v) is 9.94. The standard InChI is InChI=1S/C20H25N5O3/c1-20(2)10-15-13(11-27-20)9-14-16-17(28-19(14)24-15)18(23-12-22-16)21-3-4-25-5-7-26-8-6-25/h9,12H,3-8,10-11H2,1-2H3,(H,21,22,23)/p+1. The highest BCUT2D eigenvalue weighted by atomic mass is 16.5. The molecule has 0 bridgehead atoms. The van der Waals surface area contributed by atoms with E-state index in [1.807, 2.05) is 0 Å². The van der Waals surface area contributed by atoms with Crippen LogP contribution in [0.1, 0.15) is 25.1 Å². The average molecular weight is 384 g/mol. The summed E-state index contributed by atoms with van der Waals surface area (Å²) in [5, 5.41) is 4.34. The number of aromatic nitrogens is 3. The molecule has 0 spiro atoms. The van der Waals surface area contributed by atoms with Gasteiger partial charge in [-0.3, -0.25) is 0 Å². The molecule has 1 saturated heterocycles. The molecule has 0 amide bonds. The van der Waals surface area contributed by atoms with E-state index in [2.05, 4.69) is 35.2 Å². The molecule has 5 rings (SSSR count). The SMILES string of the molecule is CC1(C)Cc2nc3oc4c(NCC[NH+]5CCOCC5)ncnc4c3cc2CO1. The van der Waals surface area contributed by atoms with Crippen molar-refractivity contribution in [3.63, 3.8) is 0 Å². The van der Waals surface area contributed by atoms with Gasteiger partial charge in [-0.05, 0) is 19.9 Å². The van der Waals surface area contributed by atoms with Crippen molar-refractivity contribution in [2.45, 2.75) is 32.5 Å². The topological polar surface area (TPSA) is 86.7 Å². The van der Waals surface area contributed by atoms with Crippen molar-refractivity contribution in [1.82, 2.24) is 15.0 Å². The second-order valence-electron chi connectivity index (χ2n) is 8.21. The van der Waals surface area contributed by atoms with E-state index >= 15 is 0 Å². The van der Waals surface area contributed by atoms with Crippen molar-refractivity contribution in [1.29, 1.82) is 0 Å². The molecular formula is C20H26N5O3+. The van der Waals surface area contributed by atoms with Crippen LogP contribution in [0.3, 0.4) is 0 Å². The van der Waals surface area contributed by atoms with E-state index in [1.54, 1.807) is 11.2 Å². The van der Waals surface area contributed by atoms with Gasteiger partial charge in [0.1, 0.15) is 24.9 Å². The van der Waals surface area contributed by atoms with E-state index in [4.69, 9.17) is 18.9 Å². The summed E-state index contributed by atoms with van der Waals surface area (Å²) in [7, 11) is 0. The molecule has 2 N–H and O–H groups in total. The third-order valence-electron chi connectivity index (χ3n) is 5.60. The van der Waals surface area contributed by atoms with Crippen LogP contribution in [-0.2, 0) is 22.5 Å². The van der Waals surface area contributed by atoms with Gasteiger partial charge in [-0.25, -0.2) is 15.0 Å². The first-order chi connectivity index (χ1) is 13.6. The summed E-state index contributed by atoms with van der Waals surface area (Å²) >= 11 is 0. The Morgan fingerprint density at radius 2 is 2.07 bits per heavy atom. The molecule has 0 atom stereocenters. The summed E-state index contributed by atoms with van der Waals surface area (Å²) in [5.74, 6) is 0.727. The van der Waals surface area contributed by atoms with Crippen LogP contribution in [0.5, 0.6) is 0 Å². The van der Waals surface area contributed by atoms with Gasteiger partial charge in [0, 0.05) is 12.0 Å². The van der Waals surface area contributed by atoms with Crippen LogP contribution in [0, 0.1) is 0 Å². The van der Waals surface area contributed by atoms with Crippen molar-refractivity contribution in [2.75, 3.05) is 44.7 Å². The monoisotopic (exact) mass is 384 g/mol. The fraction of sp³-hybridized carbons (Fsp3) is 0.550. The molecule has 0 saturated carbocycles. The van der Waals surface area contributed by atoms with Gasteiger partial charge in [0.2, 0.25) is 5.71 Å². The molecule has 148 valence electrons. The zero-order chi connectivity index (χ0) is 19.1. The minimum absolute atomic E-state index is 0.200. The molecule has 3 aromatic rings. The third-order valence-corrected chi connectivity index (χ3v) is 5.60. The summed E-state index contributed by atoms with van der Waals surface area (Å²) in [5.41, 5.74) is 4.04. The van der Waals surface area contributed by atoms with Crippen molar-refractivity contribution < 1.29 is 18.8 Å². The molecule has 1 fully saturated rings. The number of nitrogens with one attached hydrogen (secondary N) is 2. The average Bonchev–Trinajstić information content (AvgIpc) is 3.05. The normalized spacial score (nSPS) is 19.8. The molecule has 0 aromatic carbocycles. The highest BCUT2D eigenvalue weighted by Gasteiger charge is 2.28. The highest BCUT2D eigenvalue weighted by Crippen LogP contribution is 2.34. The molecule has 0 radical (unpaired) electrons. The smallest absolute Gasteiger partial charge is 0.229 e. The molecule has 28 heavy (non-hydrogen) atoms. The van der Waals surface area contributed by atoms with Crippen molar-refractivity contribution in [2.24, 2.45) is 0 Å². The predicted molar refractivity (Wildman–Crippen MR) is 105 cm³/mol. The number of ether oxygens (including phenoxy) is 2. The summed E-state index contributed by atoms with van der Waals surface area (Å²) in [6.07, 6.45) is 2.36. The quantitative estimate of drug-likeness (QED) is 0.693. The molecule has 8 nitrogen and oxygen atoms in total. The van der Waals surface area contributed by atoms with Gasteiger partial charge < -0.3 is 24.1 Å². The lowest BCUT2D eigenvalue weighted by Crippen LogP contribution is -3.14. The second kappa shape index (κ2) is 6.95. The number of fused-ring (bicyclic) bond motifs is 4. The Kier molecular flexibility index (Phi) is 4.41. The molecule has 2 aliphatic heterocycles. The fourth-order valence-electron chi connectivity index (χ4n) is 3.98. The van der Waals surface area contributed by atoms with Crippen molar-refractivity contribution >= 4 is 28.0 Å². The molecule has 2 aliphatic rings. The summed E-state index contributed by atoms with van der Waals surface area (Å²) in [6.45, 7) is 10.4. The van der Waals surface area contributed by atoms with E-state index in [0.29, 0.717) is 17.9 Å². The van der Waals surface area contributed by atoms with Gasteiger partial charge in [0.25, 0.3) is 0 Å². The number of nitrogens with zero attached hydrogens (tertiary/aromatic N) is 3. The number of morpholine rings is 1. The minimum Gasteiger partial charge on any atom is -0.432 e. The van der Waals surface area contributed by atoms with E-state index in [9.17, 15) is 0 Å². The molecule has 0 aliphatic carbocycles. The van der Waals surface area contributed by atoms with Gasteiger partial charge in [-0.1, -0.05) is 0 Å². The van der Waals surface area contributed by atoms with Crippen molar-refractivity contribution in [3.05, 3.63) is 23.7 Å². The van der Waals surface area contributed by atoms with Crippen LogP contribution < -0.4 is 10.2 Å². The Morgan fingerprint density at radius 1 is 1.21 bits per heavy atom. The zero-order valence-electron chi connectivity index (χ0n) is 16.4.